The fraction of sp³-hybridized carbons (Fsp3) is 0.435. The largest absolute Gasteiger partial charge is 0.493 e. The van der Waals surface area contributed by atoms with Crippen LogP contribution in [0.15, 0.2) is 42.5 Å². The number of ether oxygens (including phenoxy) is 1. The lowest BCUT2D eigenvalue weighted by Crippen LogP contribution is -2.31. The number of hydrogen-bond acceptors (Lipinski definition) is 4. The van der Waals surface area contributed by atoms with Gasteiger partial charge in [-0.1, -0.05) is 18.2 Å². The molecule has 0 radical (unpaired) electrons. The van der Waals surface area contributed by atoms with Gasteiger partial charge in [-0.3, -0.25) is 0 Å². The summed E-state index contributed by atoms with van der Waals surface area (Å²) in [4.78, 5) is 7.21. The van der Waals surface area contributed by atoms with E-state index < -0.39 is 0 Å². The molecule has 1 aliphatic heterocycles. The van der Waals surface area contributed by atoms with Gasteiger partial charge in [-0.05, 0) is 68.0 Å². The number of piperidine rings is 1. The summed E-state index contributed by atoms with van der Waals surface area (Å²) in [6.45, 7) is 10.0. The van der Waals surface area contributed by atoms with Crippen LogP contribution in [-0.2, 0) is 0 Å². The number of rotatable bonds is 5. The second kappa shape index (κ2) is 6.61. The average Bonchev–Trinajstić information content (AvgIpc) is 2.98. The van der Waals surface area contributed by atoms with E-state index in [-0.39, 0.29) is 0 Å². The van der Waals surface area contributed by atoms with Gasteiger partial charge in [-0.15, -0.1) is 11.3 Å². The molecule has 2 heterocycles. The summed E-state index contributed by atoms with van der Waals surface area (Å²) in [7, 11) is 0. The molecule has 3 aromatic rings. The van der Waals surface area contributed by atoms with Gasteiger partial charge in [0.1, 0.15) is 5.75 Å². The molecule has 1 saturated heterocycles. The molecule has 2 aliphatic rings. The summed E-state index contributed by atoms with van der Waals surface area (Å²) in [5, 5.41) is 1.12. The molecule has 2 atom stereocenters. The van der Waals surface area contributed by atoms with Crippen molar-refractivity contribution in [2.24, 2.45) is 17.8 Å². The highest BCUT2D eigenvalue weighted by molar-refractivity contribution is 7.18. The summed E-state index contributed by atoms with van der Waals surface area (Å²) < 4.78 is 7.35. The Kier molecular flexibility index (Phi) is 4.21. The van der Waals surface area contributed by atoms with Crippen LogP contribution in [0.3, 0.4) is 0 Å². The second-order valence-corrected chi connectivity index (χ2v) is 9.52. The maximum Gasteiger partial charge on any atom is 0.119 e. The number of aromatic nitrogens is 1. The number of likely N-dealkylation sites (tertiary alicyclic amines) is 1. The highest BCUT2D eigenvalue weighted by atomic mass is 32.1. The van der Waals surface area contributed by atoms with Crippen LogP contribution in [0.5, 0.6) is 5.75 Å². The molecule has 2 aromatic carbocycles. The first-order chi connectivity index (χ1) is 13.1. The van der Waals surface area contributed by atoms with E-state index in [1.165, 1.54) is 28.9 Å². The zero-order valence-corrected chi connectivity index (χ0v) is 17.0. The fourth-order valence-electron chi connectivity index (χ4n) is 4.51. The molecular formula is C23H26N2OS. The van der Waals surface area contributed by atoms with Gasteiger partial charge in [-0.25, -0.2) is 4.98 Å². The van der Waals surface area contributed by atoms with Crippen LogP contribution in [0.2, 0.25) is 0 Å². The summed E-state index contributed by atoms with van der Waals surface area (Å²) >= 11 is 1.75. The molecule has 2 unspecified atom stereocenters. The SMILES string of the molecule is Cc1nc2cc(-c3ccc(OCC4C5CN(C(C)C)CC45)cc3)ccc2s1. The highest BCUT2D eigenvalue weighted by Gasteiger charge is 2.56. The third-order valence-electron chi connectivity index (χ3n) is 6.25. The van der Waals surface area contributed by atoms with E-state index in [0.717, 1.165) is 40.6 Å². The number of thiazole rings is 1. The Bertz CT molecular complexity index is 950. The maximum absolute atomic E-state index is 6.10. The van der Waals surface area contributed by atoms with Gasteiger partial charge >= 0.3 is 0 Å². The quantitative estimate of drug-likeness (QED) is 0.607. The van der Waals surface area contributed by atoms with E-state index in [1.807, 2.05) is 0 Å². The number of nitrogens with zero attached hydrogens (tertiary/aromatic N) is 2. The molecule has 2 fully saturated rings. The minimum atomic E-state index is 0.680. The van der Waals surface area contributed by atoms with Crippen molar-refractivity contribution in [3.8, 4) is 16.9 Å². The van der Waals surface area contributed by atoms with E-state index in [9.17, 15) is 0 Å². The topological polar surface area (TPSA) is 25.4 Å². The lowest BCUT2D eigenvalue weighted by Gasteiger charge is -2.23. The van der Waals surface area contributed by atoms with Crippen LogP contribution in [0.25, 0.3) is 21.3 Å². The van der Waals surface area contributed by atoms with Crippen molar-refractivity contribution in [3.05, 3.63) is 47.5 Å². The smallest absolute Gasteiger partial charge is 0.119 e. The molecular weight excluding hydrogens is 352 g/mol. The van der Waals surface area contributed by atoms with Crippen LogP contribution in [-0.4, -0.2) is 35.6 Å². The second-order valence-electron chi connectivity index (χ2n) is 8.29. The third kappa shape index (κ3) is 3.26. The monoisotopic (exact) mass is 378 g/mol. The number of benzene rings is 2. The summed E-state index contributed by atoms with van der Waals surface area (Å²) in [6, 6.07) is 15.7. The first-order valence-corrected chi connectivity index (χ1v) is 10.7. The van der Waals surface area contributed by atoms with E-state index >= 15 is 0 Å². The summed E-state index contributed by atoms with van der Waals surface area (Å²) in [6.07, 6.45) is 0. The van der Waals surface area contributed by atoms with Crippen molar-refractivity contribution in [1.29, 1.82) is 0 Å². The van der Waals surface area contributed by atoms with Gasteiger partial charge in [0.25, 0.3) is 0 Å². The van der Waals surface area contributed by atoms with Crippen molar-refractivity contribution in [2.75, 3.05) is 19.7 Å². The Morgan fingerprint density at radius 3 is 2.48 bits per heavy atom. The maximum atomic E-state index is 6.10. The van der Waals surface area contributed by atoms with E-state index in [1.54, 1.807) is 11.3 Å². The number of fused-ring (bicyclic) bond motifs is 2. The molecule has 1 aliphatic carbocycles. The molecule has 0 bridgehead atoms. The van der Waals surface area contributed by atoms with Crippen LogP contribution < -0.4 is 4.74 Å². The molecule has 0 N–H and O–H groups in total. The van der Waals surface area contributed by atoms with E-state index in [4.69, 9.17) is 4.74 Å². The average molecular weight is 379 g/mol. The molecule has 0 spiro atoms. The Balaban J connectivity index is 1.21. The predicted octanol–water partition coefficient (Wildman–Crippen LogP) is 5.24. The molecule has 3 nitrogen and oxygen atoms in total. The molecule has 0 amide bonds. The van der Waals surface area contributed by atoms with Crippen molar-refractivity contribution in [3.63, 3.8) is 0 Å². The number of hydrogen-bond donors (Lipinski definition) is 0. The van der Waals surface area contributed by atoms with Gasteiger partial charge in [0.15, 0.2) is 0 Å². The standard InChI is InChI=1S/C23H26N2OS/c1-14(2)25-11-19-20(12-25)21(19)13-26-18-7-4-16(5-8-18)17-6-9-23-22(10-17)24-15(3)27-23/h4-10,14,19-21H,11-13H2,1-3H3. The molecule has 1 saturated carbocycles. The minimum Gasteiger partial charge on any atom is -0.493 e. The molecule has 5 rings (SSSR count). The summed E-state index contributed by atoms with van der Waals surface area (Å²) in [5.41, 5.74) is 3.52. The normalized spacial score (nSPS) is 24.5. The first kappa shape index (κ1) is 17.2. The van der Waals surface area contributed by atoms with Crippen LogP contribution in [0.4, 0.5) is 0 Å². The first-order valence-electron chi connectivity index (χ1n) is 9.93. The van der Waals surface area contributed by atoms with Crippen molar-refractivity contribution < 1.29 is 4.74 Å². The van der Waals surface area contributed by atoms with Gasteiger partial charge in [0.05, 0.1) is 21.8 Å². The van der Waals surface area contributed by atoms with Crippen LogP contribution in [0.1, 0.15) is 18.9 Å². The third-order valence-corrected chi connectivity index (χ3v) is 7.21. The van der Waals surface area contributed by atoms with Crippen molar-refractivity contribution in [1.82, 2.24) is 9.88 Å². The highest BCUT2D eigenvalue weighted by Crippen LogP contribution is 2.52. The Morgan fingerprint density at radius 1 is 1.07 bits per heavy atom. The molecule has 4 heteroatoms. The lowest BCUT2D eigenvalue weighted by molar-refractivity contribution is 0.206. The van der Waals surface area contributed by atoms with Crippen LogP contribution in [0, 0.1) is 24.7 Å². The lowest BCUT2D eigenvalue weighted by atomic mass is 10.1. The van der Waals surface area contributed by atoms with Gasteiger partial charge in [-0.2, -0.15) is 0 Å². The predicted molar refractivity (Wildman–Crippen MR) is 112 cm³/mol. The van der Waals surface area contributed by atoms with Crippen LogP contribution >= 0.6 is 11.3 Å². The number of aryl methyl sites for hydroxylation is 1. The Hall–Kier alpha value is -1.91. The van der Waals surface area contributed by atoms with Gasteiger partial charge in [0, 0.05) is 25.0 Å². The Labute approximate surface area is 165 Å². The zero-order chi connectivity index (χ0) is 18.5. The molecule has 1 aromatic heterocycles. The summed E-state index contributed by atoms with van der Waals surface area (Å²) in [5.74, 6) is 3.46. The van der Waals surface area contributed by atoms with Crippen molar-refractivity contribution in [2.45, 2.75) is 26.8 Å². The molecule has 140 valence electrons. The Morgan fingerprint density at radius 2 is 1.78 bits per heavy atom. The van der Waals surface area contributed by atoms with E-state index in [2.05, 4.69) is 73.1 Å². The fourth-order valence-corrected chi connectivity index (χ4v) is 5.32. The van der Waals surface area contributed by atoms with E-state index in [0.29, 0.717) is 6.04 Å². The minimum absolute atomic E-state index is 0.680. The molecule has 27 heavy (non-hydrogen) atoms. The zero-order valence-electron chi connectivity index (χ0n) is 16.2. The van der Waals surface area contributed by atoms with Crippen molar-refractivity contribution >= 4 is 21.6 Å². The van der Waals surface area contributed by atoms with Gasteiger partial charge < -0.3 is 9.64 Å². The van der Waals surface area contributed by atoms with Gasteiger partial charge in [0.2, 0.25) is 0 Å².